The van der Waals surface area contributed by atoms with E-state index in [9.17, 15) is 4.79 Å². The van der Waals surface area contributed by atoms with E-state index in [1.165, 1.54) is 11.3 Å². The highest BCUT2D eigenvalue weighted by Crippen LogP contribution is 2.23. The van der Waals surface area contributed by atoms with Gasteiger partial charge in [-0.2, -0.15) is 0 Å². The van der Waals surface area contributed by atoms with Crippen LogP contribution in [0.5, 0.6) is 0 Å². The third kappa shape index (κ3) is 2.54. The summed E-state index contributed by atoms with van der Waals surface area (Å²) >= 11 is 1.46. The summed E-state index contributed by atoms with van der Waals surface area (Å²) in [5.41, 5.74) is 1.02. The monoisotopic (exact) mass is 213 g/mol. The summed E-state index contributed by atoms with van der Waals surface area (Å²) in [5.74, 6) is -1.20. The largest absolute Gasteiger partial charge is 0.481 e. The second kappa shape index (κ2) is 5.10. The van der Waals surface area contributed by atoms with Crippen LogP contribution in [0.1, 0.15) is 43.3 Å². The first kappa shape index (κ1) is 11.2. The van der Waals surface area contributed by atoms with Crippen LogP contribution in [0.2, 0.25) is 0 Å². The van der Waals surface area contributed by atoms with Crippen molar-refractivity contribution in [3.63, 3.8) is 0 Å². The molecule has 1 aromatic heterocycles. The topological polar surface area (TPSA) is 50.2 Å². The van der Waals surface area contributed by atoms with Gasteiger partial charge in [-0.25, -0.2) is 4.98 Å². The van der Waals surface area contributed by atoms with Crippen molar-refractivity contribution in [1.82, 2.24) is 4.98 Å². The summed E-state index contributed by atoms with van der Waals surface area (Å²) in [7, 11) is 0. The van der Waals surface area contributed by atoms with Crippen LogP contribution in [0, 0.1) is 0 Å². The molecule has 1 N–H and O–H groups in total. The Morgan fingerprint density at radius 2 is 2.36 bits per heavy atom. The van der Waals surface area contributed by atoms with Gasteiger partial charge in [-0.3, -0.25) is 4.79 Å². The van der Waals surface area contributed by atoms with Crippen molar-refractivity contribution in [3.8, 4) is 0 Å². The predicted molar refractivity (Wildman–Crippen MR) is 56.8 cm³/mol. The number of nitrogens with zero attached hydrogens (tertiary/aromatic N) is 1. The van der Waals surface area contributed by atoms with Gasteiger partial charge in [-0.05, 0) is 12.8 Å². The second-order valence-electron chi connectivity index (χ2n) is 3.23. The average Bonchev–Trinajstić information content (AvgIpc) is 2.54. The Labute approximate surface area is 87.8 Å². The minimum atomic E-state index is -0.773. The Hall–Kier alpha value is -0.900. The number of hydrogen-bond acceptors (Lipinski definition) is 3. The zero-order chi connectivity index (χ0) is 10.6. The van der Waals surface area contributed by atoms with Gasteiger partial charge in [-0.1, -0.05) is 20.3 Å². The van der Waals surface area contributed by atoms with Crippen LogP contribution in [0.15, 0.2) is 5.38 Å². The molecule has 78 valence electrons. The fourth-order valence-corrected chi connectivity index (χ4v) is 2.34. The molecule has 1 aromatic rings. The number of carboxylic acid groups (broad SMARTS) is 1. The van der Waals surface area contributed by atoms with Crippen LogP contribution in [-0.2, 0) is 11.2 Å². The van der Waals surface area contributed by atoms with E-state index in [2.05, 4.69) is 11.9 Å². The fourth-order valence-electron chi connectivity index (χ4n) is 1.31. The molecule has 1 rings (SSSR count). The molecular formula is C10H15NO2S. The van der Waals surface area contributed by atoms with Crippen LogP contribution in [0.25, 0.3) is 0 Å². The van der Waals surface area contributed by atoms with E-state index in [4.69, 9.17) is 5.11 Å². The number of carbonyl (C=O) groups is 1. The van der Waals surface area contributed by atoms with E-state index in [1.807, 2.05) is 12.3 Å². The third-order valence-electron chi connectivity index (χ3n) is 2.08. The second-order valence-corrected chi connectivity index (χ2v) is 4.12. The number of aryl methyl sites for hydroxylation is 1. The zero-order valence-electron chi connectivity index (χ0n) is 8.49. The third-order valence-corrected chi connectivity index (χ3v) is 3.09. The number of rotatable bonds is 5. The average molecular weight is 213 g/mol. The van der Waals surface area contributed by atoms with Gasteiger partial charge in [0.15, 0.2) is 0 Å². The van der Waals surface area contributed by atoms with E-state index in [0.717, 1.165) is 23.5 Å². The minimum Gasteiger partial charge on any atom is -0.481 e. The molecule has 0 saturated heterocycles. The Bertz CT molecular complexity index is 309. The molecule has 0 aliphatic heterocycles. The normalized spacial score (nSPS) is 12.7. The van der Waals surface area contributed by atoms with Crippen LogP contribution in [-0.4, -0.2) is 16.1 Å². The Morgan fingerprint density at radius 1 is 1.64 bits per heavy atom. The summed E-state index contributed by atoms with van der Waals surface area (Å²) in [6.07, 6.45) is 2.59. The number of aliphatic carboxylic acids is 1. The van der Waals surface area contributed by atoms with E-state index in [0.29, 0.717) is 6.42 Å². The van der Waals surface area contributed by atoms with Crippen molar-refractivity contribution >= 4 is 17.3 Å². The van der Waals surface area contributed by atoms with Crippen LogP contribution >= 0.6 is 11.3 Å². The van der Waals surface area contributed by atoms with E-state index in [-0.39, 0.29) is 0 Å². The molecule has 0 saturated carbocycles. The van der Waals surface area contributed by atoms with Gasteiger partial charge in [0.25, 0.3) is 0 Å². The fraction of sp³-hybridized carbons (Fsp3) is 0.600. The summed E-state index contributed by atoms with van der Waals surface area (Å²) in [5, 5.41) is 11.6. The molecule has 14 heavy (non-hydrogen) atoms. The van der Waals surface area contributed by atoms with Crippen LogP contribution in [0.4, 0.5) is 0 Å². The number of aromatic nitrogens is 1. The summed E-state index contributed by atoms with van der Waals surface area (Å²) in [6.45, 7) is 3.97. The quantitative estimate of drug-likeness (QED) is 0.818. The standard InChI is InChI=1S/C10H15NO2S/c1-3-5-7-6-14-9(11-7)8(4-2)10(12)13/h6,8H,3-5H2,1-2H3,(H,12,13). The van der Waals surface area contributed by atoms with Gasteiger partial charge in [0, 0.05) is 5.38 Å². The minimum absolute atomic E-state index is 0.425. The molecule has 0 spiro atoms. The lowest BCUT2D eigenvalue weighted by atomic mass is 10.1. The number of hydrogen-bond donors (Lipinski definition) is 1. The maximum absolute atomic E-state index is 10.9. The maximum atomic E-state index is 10.9. The first-order valence-corrected chi connectivity index (χ1v) is 5.74. The Morgan fingerprint density at radius 3 is 2.86 bits per heavy atom. The van der Waals surface area contributed by atoms with Gasteiger partial charge in [-0.15, -0.1) is 11.3 Å². The molecule has 0 aliphatic carbocycles. The lowest BCUT2D eigenvalue weighted by Gasteiger charge is -2.04. The van der Waals surface area contributed by atoms with E-state index in [1.54, 1.807) is 0 Å². The van der Waals surface area contributed by atoms with Gasteiger partial charge < -0.3 is 5.11 Å². The highest BCUT2D eigenvalue weighted by atomic mass is 32.1. The predicted octanol–water partition coefficient (Wildman–Crippen LogP) is 2.67. The summed E-state index contributed by atoms with van der Waals surface area (Å²) < 4.78 is 0. The summed E-state index contributed by atoms with van der Waals surface area (Å²) in [4.78, 5) is 15.2. The van der Waals surface area contributed by atoms with Crippen molar-refractivity contribution in [3.05, 3.63) is 16.1 Å². The van der Waals surface area contributed by atoms with Gasteiger partial charge in [0.2, 0.25) is 0 Å². The molecule has 1 heterocycles. The number of thiazole rings is 1. The van der Waals surface area contributed by atoms with Crippen molar-refractivity contribution < 1.29 is 9.90 Å². The molecule has 1 unspecified atom stereocenters. The van der Waals surface area contributed by atoms with Gasteiger partial charge >= 0.3 is 5.97 Å². The molecule has 3 nitrogen and oxygen atoms in total. The first-order chi connectivity index (χ1) is 6.69. The van der Waals surface area contributed by atoms with E-state index < -0.39 is 11.9 Å². The SMILES string of the molecule is CCCc1csc(C(CC)C(=O)O)n1. The first-order valence-electron chi connectivity index (χ1n) is 4.86. The Kier molecular flexibility index (Phi) is 4.07. The lowest BCUT2D eigenvalue weighted by Crippen LogP contribution is -2.10. The van der Waals surface area contributed by atoms with E-state index >= 15 is 0 Å². The highest BCUT2D eigenvalue weighted by Gasteiger charge is 2.20. The van der Waals surface area contributed by atoms with Crippen molar-refractivity contribution in [1.29, 1.82) is 0 Å². The molecule has 0 aliphatic rings. The van der Waals surface area contributed by atoms with Crippen molar-refractivity contribution in [2.75, 3.05) is 0 Å². The molecule has 1 atom stereocenters. The molecular weight excluding hydrogens is 198 g/mol. The lowest BCUT2D eigenvalue weighted by molar-refractivity contribution is -0.138. The summed E-state index contributed by atoms with van der Waals surface area (Å²) in [6, 6.07) is 0. The highest BCUT2D eigenvalue weighted by molar-refractivity contribution is 7.09. The van der Waals surface area contributed by atoms with Crippen molar-refractivity contribution in [2.24, 2.45) is 0 Å². The molecule has 4 heteroatoms. The van der Waals surface area contributed by atoms with Crippen molar-refractivity contribution in [2.45, 2.75) is 39.0 Å². The zero-order valence-corrected chi connectivity index (χ0v) is 9.30. The molecule has 0 bridgehead atoms. The molecule has 0 fully saturated rings. The molecule has 0 aromatic carbocycles. The number of carboxylic acids is 1. The van der Waals surface area contributed by atoms with Gasteiger partial charge in [0.1, 0.15) is 10.9 Å². The van der Waals surface area contributed by atoms with Crippen LogP contribution in [0.3, 0.4) is 0 Å². The van der Waals surface area contributed by atoms with Gasteiger partial charge in [0.05, 0.1) is 5.69 Å². The maximum Gasteiger partial charge on any atom is 0.313 e. The smallest absolute Gasteiger partial charge is 0.313 e. The molecule has 0 radical (unpaired) electrons. The van der Waals surface area contributed by atoms with Crippen LogP contribution < -0.4 is 0 Å². The Balaban J connectivity index is 2.78. The molecule has 0 amide bonds.